The molecule has 2 aromatic rings. The van der Waals surface area contributed by atoms with E-state index in [2.05, 4.69) is 10.4 Å². The monoisotopic (exact) mass is 294 g/mol. The highest BCUT2D eigenvalue weighted by molar-refractivity contribution is 6.32. The maximum Gasteiger partial charge on any atom is 0.312 e. The van der Waals surface area contributed by atoms with Crippen LogP contribution in [-0.2, 0) is 6.61 Å². The van der Waals surface area contributed by atoms with Gasteiger partial charge in [-0.1, -0.05) is 23.7 Å². The fraction of sp³-hybridized carbons (Fsp3) is 0.0833. The summed E-state index contributed by atoms with van der Waals surface area (Å²) in [6.45, 7) is 0.0535. The zero-order valence-corrected chi connectivity index (χ0v) is 11.0. The van der Waals surface area contributed by atoms with Gasteiger partial charge in [0, 0.05) is 17.8 Å². The van der Waals surface area contributed by atoms with E-state index in [0.717, 1.165) is 0 Å². The molecule has 1 aromatic heterocycles. The van der Waals surface area contributed by atoms with E-state index < -0.39 is 4.92 Å². The molecule has 0 aliphatic carbocycles. The number of rotatable bonds is 5. The minimum absolute atomic E-state index is 0.0194. The Balaban J connectivity index is 2.25. The molecule has 0 atom stereocenters. The summed E-state index contributed by atoms with van der Waals surface area (Å²) in [5.74, 6) is 5.78. The minimum atomic E-state index is -0.549. The van der Waals surface area contributed by atoms with Gasteiger partial charge in [-0.2, -0.15) is 0 Å². The number of pyridine rings is 1. The Morgan fingerprint density at radius 3 is 2.90 bits per heavy atom. The highest BCUT2D eigenvalue weighted by Crippen LogP contribution is 2.35. The fourth-order valence-electron chi connectivity index (χ4n) is 1.62. The number of aromatic nitrogens is 1. The van der Waals surface area contributed by atoms with Crippen LogP contribution in [0.5, 0.6) is 5.75 Å². The number of ether oxygens (including phenoxy) is 1. The van der Waals surface area contributed by atoms with E-state index in [1.807, 2.05) is 0 Å². The van der Waals surface area contributed by atoms with E-state index in [-0.39, 0.29) is 23.1 Å². The largest absolute Gasteiger partial charge is 0.481 e. The van der Waals surface area contributed by atoms with Crippen LogP contribution in [0.3, 0.4) is 0 Å². The van der Waals surface area contributed by atoms with Crippen molar-refractivity contribution >= 4 is 23.1 Å². The number of halogens is 1. The Kier molecular flexibility index (Phi) is 4.34. The van der Waals surface area contributed by atoms with Crippen LogP contribution in [0.4, 0.5) is 11.5 Å². The van der Waals surface area contributed by atoms with Gasteiger partial charge < -0.3 is 10.2 Å². The van der Waals surface area contributed by atoms with Gasteiger partial charge >= 0.3 is 5.69 Å². The summed E-state index contributed by atoms with van der Waals surface area (Å²) in [7, 11) is 0. The molecule has 0 aliphatic rings. The van der Waals surface area contributed by atoms with Gasteiger partial charge in [-0.15, -0.1) is 0 Å². The van der Waals surface area contributed by atoms with E-state index in [1.165, 1.54) is 18.2 Å². The van der Waals surface area contributed by atoms with Crippen LogP contribution in [0.15, 0.2) is 36.5 Å². The van der Waals surface area contributed by atoms with Crippen molar-refractivity contribution in [3.05, 3.63) is 57.2 Å². The number of nitrogens with one attached hydrogen (secondary N) is 1. The molecule has 7 nitrogen and oxygen atoms in total. The van der Waals surface area contributed by atoms with E-state index in [0.29, 0.717) is 11.4 Å². The van der Waals surface area contributed by atoms with Crippen molar-refractivity contribution in [3.63, 3.8) is 0 Å². The topological polar surface area (TPSA) is 103 Å². The molecule has 0 bridgehead atoms. The van der Waals surface area contributed by atoms with Gasteiger partial charge in [0.15, 0.2) is 0 Å². The number of nitrogens with two attached hydrogens (primary N) is 1. The molecule has 0 radical (unpaired) electrons. The molecule has 3 N–H and O–H groups in total. The number of hydrogen-bond acceptors (Lipinski definition) is 6. The third kappa shape index (κ3) is 2.95. The summed E-state index contributed by atoms with van der Waals surface area (Å²) in [6, 6.07) is 7.79. The molecule has 0 unspecified atom stereocenters. The van der Waals surface area contributed by atoms with Crippen LogP contribution in [0.25, 0.3) is 0 Å². The van der Waals surface area contributed by atoms with Gasteiger partial charge in [0.05, 0.1) is 9.95 Å². The van der Waals surface area contributed by atoms with Gasteiger partial charge in [0.25, 0.3) is 0 Å². The molecule has 104 valence electrons. The average Bonchev–Trinajstić information content (AvgIpc) is 2.46. The third-order valence-electron chi connectivity index (χ3n) is 2.54. The molecule has 0 spiro atoms. The lowest BCUT2D eigenvalue weighted by Gasteiger charge is -2.10. The summed E-state index contributed by atoms with van der Waals surface area (Å²) >= 11 is 5.93. The zero-order valence-electron chi connectivity index (χ0n) is 10.2. The Bertz CT molecular complexity index is 636. The Morgan fingerprint density at radius 1 is 1.40 bits per heavy atom. The number of anilines is 1. The van der Waals surface area contributed by atoms with Crippen molar-refractivity contribution in [2.45, 2.75) is 6.61 Å². The molecule has 1 aromatic carbocycles. The number of benzene rings is 1. The van der Waals surface area contributed by atoms with E-state index >= 15 is 0 Å². The molecule has 8 heteroatoms. The highest BCUT2D eigenvalue weighted by atomic mass is 35.5. The standard InChI is InChI=1S/C12H11ClN4O3/c13-9-4-1-5-10(17(18)19)11(9)20-7-8-3-2-6-15-12(8)16-14/h1-6H,7,14H2,(H,15,16). The second-order valence-electron chi connectivity index (χ2n) is 3.79. The van der Waals surface area contributed by atoms with Gasteiger partial charge in [-0.05, 0) is 12.1 Å². The number of nitro groups is 1. The zero-order chi connectivity index (χ0) is 14.5. The fourth-order valence-corrected chi connectivity index (χ4v) is 1.84. The van der Waals surface area contributed by atoms with Crippen LogP contribution in [0.1, 0.15) is 5.56 Å². The van der Waals surface area contributed by atoms with Crippen LogP contribution >= 0.6 is 11.6 Å². The van der Waals surface area contributed by atoms with E-state index in [9.17, 15) is 10.1 Å². The first kappa shape index (κ1) is 14.0. The van der Waals surface area contributed by atoms with Crippen molar-refractivity contribution < 1.29 is 9.66 Å². The summed E-state index contributed by atoms with van der Waals surface area (Å²) in [5, 5.41) is 11.1. The van der Waals surface area contributed by atoms with Crippen LogP contribution in [-0.4, -0.2) is 9.91 Å². The second kappa shape index (κ2) is 6.18. The summed E-state index contributed by atoms with van der Waals surface area (Å²) in [6.07, 6.45) is 1.57. The Hall–Kier alpha value is -2.38. The first-order valence-electron chi connectivity index (χ1n) is 5.59. The second-order valence-corrected chi connectivity index (χ2v) is 4.20. The SMILES string of the molecule is NNc1ncccc1COc1c(Cl)cccc1[N+](=O)[O-]. The lowest BCUT2D eigenvalue weighted by atomic mass is 10.2. The van der Waals surface area contributed by atoms with Crippen LogP contribution in [0, 0.1) is 10.1 Å². The van der Waals surface area contributed by atoms with Crippen LogP contribution < -0.4 is 16.0 Å². The van der Waals surface area contributed by atoms with Gasteiger partial charge in [-0.25, -0.2) is 10.8 Å². The third-order valence-corrected chi connectivity index (χ3v) is 2.84. The van der Waals surface area contributed by atoms with Crippen molar-refractivity contribution in [1.29, 1.82) is 0 Å². The molecule has 0 saturated heterocycles. The van der Waals surface area contributed by atoms with Gasteiger partial charge in [0.1, 0.15) is 12.4 Å². The Labute approximate surface area is 119 Å². The first-order valence-corrected chi connectivity index (χ1v) is 5.97. The molecule has 2 rings (SSSR count). The molecule has 1 heterocycles. The molecule has 0 aliphatic heterocycles. The predicted molar refractivity (Wildman–Crippen MR) is 74.5 cm³/mol. The van der Waals surface area contributed by atoms with E-state index in [4.69, 9.17) is 22.2 Å². The van der Waals surface area contributed by atoms with Gasteiger partial charge in [0.2, 0.25) is 5.75 Å². The Morgan fingerprint density at radius 2 is 2.20 bits per heavy atom. The van der Waals surface area contributed by atoms with Crippen molar-refractivity contribution in [1.82, 2.24) is 4.98 Å². The summed E-state index contributed by atoms with van der Waals surface area (Å²) < 4.78 is 5.45. The maximum atomic E-state index is 10.9. The molecule has 0 amide bonds. The molecule has 20 heavy (non-hydrogen) atoms. The van der Waals surface area contributed by atoms with E-state index in [1.54, 1.807) is 18.3 Å². The summed E-state index contributed by atoms with van der Waals surface area (Å²) in [4.78, 5) is 14.4. The quantitative estimate of drug-likeness (QED) is 0.499. The number of nitrogen functional groups attached to an aromatic ring is 1. The van der Waals surface area contributed by atoms with Crippen molar-refractivity contribution in [2.24, 2.45) is 5.84 Å². The van der Waals surface area contributed by atoms with Gasteiger partial charge in [-0.3, -0.25) is 10.1 Å². The lowest BCUT2D eigenvalue weighted by molar-refractivity contribution is -0.385. The number of nitrogens with zero attached hydrogens (tertiary/aromatic N) is 2. The number of para-hydroxylation sites is 1. The minimum Gasteiger partial charge on any atom is -0.481 e. The maximum absolute atomic E-state index is 10.9. The number of hydrazine groups is 1. The smallest absolute Gasteiger partial charge is 0.312 e. The molecule has 0 saturated carbocycles. The summed E-state index contributed by atoms with van der Waals surface area (Å²) in [5.41, 5.74) is 2.89. The highest BCUT2D eigenvalue weighted by Gasteiger charge is 2.18. The first-order chi connectivity index (χ1) is 9.63. The normalized spacial score (nSPS) is 10.1. The molecular weight excluding hydrogens is 284 g/mol. The number of hydrogen-bond donors (Lipinski definition) is 2. The van der Waals surface area contributed by atoms with Crippen LogP contribution in [0.2, 0.25) is 5.02 Å². The number of nitro benzene ring substituents is 1. The lowest BCUT2D eigenvalue weighted by Crippen LogP contribution is -2.12. The van der Waals surface area contributed by atoms with Crippen molar-refractivity contribution in [2.75, 3.05) is 5.43 Å². The average molecular weight is 295 g/mol. The molecule has 0 fully saturated rings. The van der Waals surface area contributed by atoms with Crippen molar-refractivity contribution in [3.8, 4) is 5.75 Å². The predicted octanol–water partition coefficient (Wildman–Crippen LogP) is 2.51. The molecular formula is C12H11ClN4O3.